The highest BCUT2D eigenvalue weighted by atomic mass is 35.5. The van der Waals surface area contributed by atoms with Gasteiger partial charge in [-0.25, -0.2) is 9.59 Å². The van der Waals surface area contributed by atoms with Gasteiger partial charge in [-0.05, 0) is 31.0 Å². The molecule has 136 valence electrons. The Hall–Kier alpha value is -1.72. The molecule has 1 N–H and O–H groups in total. The number of rotatable bonds is 6. The van der Waals surface area contributed by atoms with E-state index in [-0.39, 0.29) is 6.03 Å². The molecule has 1 unspecified atom stereocenters. The minimum Gasteiger partial charge on any atom is -0.462 e. The number of carbonyl (C=O) groups excluding carboxylic acids is 2. The summed E-state index contributed by atoms with van der Waals surface area (Å²) < 4.78 is 5.41. The Kier molecular flexibility index (Phi) is 6.73. The van der Waals surface area contributed by atoms with Crippen LogP contribution in [0, 0.1) is 0 Å². The molecule has 2 amide bonds. The number of nitrogens with zero attached hydrogens (tertiary/aromatic N) is 1. The van der Waals surface area contributed by atoms with E-state index in [4.69, 9.17) is 27.9 Å². The highest BCUT2D eigenvalue weighted by molar-refractivity contribution is 6.42. The second-order valence-electron chi connectivity index (χ2n) is 5.96. The Labute approximate surface area is 157 Å². The quantitative estimate of drug-likeness (QED) is 0.571. The average Bonchev–Trinajstić information content (AvgIpc) is 2.58. The monoisotopic (exact) mass is 384 g/mol. The van der Waals surface area contributed by atoms with E-state index in [2.05, 4.69) is 12.2 Å². The fraction of sp³-hybridized carbons (Fsp3) is 0.444. The summed E-state index contributed by atoms with van der Waals surface area (Å²) in [5.74, 6) is -0.434. The molecule has 0 aliphatic carbocycles. The molecule has 0 fully saturated rings. The largest absolute Gasteiger partial charge is 0.462 e. The van der Waals surface area contributed by atoms with E-state index >= 15 is 0 Å². The number of hydrogen-bond donors (Lipinski definition) is 1. The van der Waals surface area contributed by atoms with Crippen LogP contribution >= 0.6 is 23.2 Å². The predicted molar refractivity (Wildman–Crippen MR) is 98.7 cm³/mol. The Bertz CT molecular complexity index is 704. The van der Waals surface area contributed by atoms with Crippen molar-refractivity contribution in [2.75, 3.05) is 13.7 Å². The van der Waals surface area contributed by atoms with Crippen LogP contribution in [0.3, 0.4) is 0 Å². The number of ether oxygens (including phenoxy) is 1. The predicted octanol–water partition coefficient (Wildman–Crippen LogP) is 4.70. The number of hydrogen-bond acceptors (Lipinski definition) is 3. The number of allylic oxidation sites excluding steroid dienone is 1. The van der Waals surface area contributed by atoms with Crippen LogP contribution in [0.15, 0.2) is 29.5 Å². The molecule has 7 heteroatoms. The summed E-state index contributed by atoms with van der Waals surface area (Å²) in [6, 6.07) is 4.11. The normalized spacial score (nSPS) is 17.6. The molecule has 0 bridgehead atoms. The molecule has 0 spiro atoms. The van der Waals surface area contributed by atoms with Crippen LogP contribution in [0.25, 0.3) is 0 Å². The lowest BCUT2D eigenvalue weighted by Gasteiger charge is -2.33. The van der Waals surface area contributed by atoms with Gasteiger partial charge in [-0.1, -0.05) is 49.0 Å². The molecule has 0 radical (unpaired) electrons. The van der Waals surface area contributed by atoms with Crippen molar-refractivity contribution in [2.45, 2.75) is 39.2 Å². The number of urea groups is 1. The van der Waals surface area contributed by atoms with Crippen LogP contribution in [0.1, 0.15) is 44.7 Å². The first-order valence-corrected chi connectivity index (χ1v) is 8.99. The molecule has 0 saturated heterocycles. The molecule has 1 aromatic carbocycles. The first-order valence-electron chi connectivity index (χ1n) is 8.23. The number of unbranched alkanes of at least 4 members (excludes halogenated alkanes) is 2. The maximum atomic E-state index is 12.6. The third-order valence-electron chi connectivity index (χ3n) is 4.23. The molecule has 0 aromatic heterocycles. The number of halogens is 2. The summed E-state index contributed by atoms with van der Waals surface area (Å²) in [6.07, 6.45) is 2.86. The average molecular weight is 385 g/mol. The first kappa shape index (κ1) is 19.6. The highest BCUT2D eigenvalue weighted by Gasteiger charge is 2.35. The Balaban J connectivity index is 2.33. The van der Waals surface area contributed by atoms with Gasteiger partial charge in [0.05, 0.1) is 28.3 Å². The molecule has 1 aliphatic heterocycles. The lowest BCUT2D eigenvalue weighted by Crippen LogP contribution is -2.46. The van der Waals surface area contributed by atoms with Crippen LogP contribution in [0.2, 0.25) is 10.0 Å². The maximum absolute atomic E-state index is 12.6. The Morgan fingerprint density at radius 1 is 1.28 bits per heavy atom. The molecule has 25 heavy (non-hydrogen) atoms. The van der Waals surface area contributed by atoms with Crippen molar-refractivity contribution in [2.24, 2.45) is 0 Å². The summed E-state index contributed by atoms with van der Waals surface area (Å²) in [5.41, 5.74) is 1.63. The zero-order valence-electron chi connectivity index (χ0n) is 14.6. The van der Waals surface area contributed by atoms with E-state index in [1.54, 1.807) is 32.2 Å². The van der Waals surface area contributed by atoms with Gasteiger partial charge in [0.2, 0.25) is 0 Å². The summed E-state index contributed by atoms with van der Waals surface area (Å²) in [7, 11) is 1.61. The number of esters is 1. The molecule has 5 nitrogen and oxygen atoms in total. The maximum Gasteiger partial charge on any atom is 0.338 e. The number of benzene rings is 1. The van der Waals surface area contributed by atoms with E-state index in [0.717, 1.165) is 19.3 Å². The van der Waals surface area contributed by atoms with Gasteiger partial charge in [0, 0.05) is 12.7 Å². The molecule has 0 saturated carbocycles. The second kappa shape index (κ2) is 8.59. The molecular weight excluding hydrogens is 363 g/mol. The van der Waals surface area contributed by atoms with Gasteiger partial charge >= 0.3 is 12.0 Å². The summed E-state index contributed by atoms with van der Waals surface area (Å²) in [5, 5.41) is 3.59. The van der Waals surface area contributed by atoms with Crippen LogP contribution < -0.4 is 5.32 Å². The third-order valence-corrected chi connectivity index (χ3v) is 4.97. The third kappa shape index (κ3) is 4.47. The molecular formula is C18H22Cl2N2O3. The van der Waals surface area contributed by atoms with Crippen molar-refractivity contribution in [3.05, 3.63) is 45.1 Å². The molecule has 2 rings (SSSR count). The van der Waals surface area contributed by atoms with E-state index < -0.39 is 12.0 Å². The molecule has 1 aliphatic rings. The molecule has 1 heterocycles. The lowest BCUT2D eigenvalue weighted by molar-refractivity contribution is -0.139. The van der Waals surface area contributed by atoms with Crippen molar-refractivity contribution in [3.63, 3.8) is 0 Å². The minimum absolute atomic E-state index is 0.295. The van der Waals surface area contributed by atoms with Crippen molar-refractivity contribution >= 4 is 35.2 Å². The fourth-order valence-electron chi connectivity index (χ4n) is 2.64. The number of carbonyl (C=O) groups is 2. The van der Waals surface area contributed by atoms with Crippen molar-refractivity contribution in [1.29, 1.82) is 0 Å². The van der Waals surface area contributed by atoms with Crippen LogP contribution in [-0.2, 0) is 9.53 Å². The zero-order chi connectivity index (χ0) is 18.6. The van der Waals surface area contributed by atoms with Gasteiger partial charge < -0.3 is 15.0 Å². The minimum atomic E-state index is -0.628. The van der Waals surface area contributed by atoms with Crippen LogP contribution in [0.5, 0.6) is 0 Å². The second-order valence-corrected chi connectivity index (χ2v) is 6.77. The van der Waals surface area contributed by atoms with E-state index in [1.165, 1.54) is 4.90 Å². The fourth-order valence-corrected chi connectivity index (χ4v) is 2.94. The first-order chi connectivity index (χ1) is 11.9. The summed E-state index contributed by atoms with van der Waals surface area (Å²) in [4.78, 5) is 26.2. The highest BCUT2D eigenvalue weighted by Crippen LogP contribution is 2.33. The van der Waals surface area contributed by atoms with Gasteiger partial charge in [0.25, 0.3) is 0 Å². The number of nitrogens with one attached hydrogen (secondary N) is 1. The Morgan fingerprint density at radius 3 is 2.64 bits per heavy atom. The van der Waals surface area contributed by atoms with E-state index in [1.807, 2.05) is 0 Å². The standard InChI is InChI=1S/C18H22Cl2N2O3/c1-4-5-6-9-25-17(23)15-11(2)22(3)18(24)21-16(15)12-7-8-13(19)14(20)10-12/h7-8,10,16H,4-6,9H2,1-3H3,(H,21,24). The van der Waals surface area contributed by atoms with Crippen molar-refractivity contribution in [3.8, 4) is 0 Å². The SMILES string of the molecule is CCCCCOC(=O)C1=C(C)N(C)C(=O)NC1c1ccc(Cl)c(Cl)c1. The Morgan fingerprint density at radius 2 is 2.00 bits per heavy atom. The molecule has 1 atom stereocenters. The van der Waals surface area contributed by atoms with Gasteiger partial charge in [-0.15, -0.1) is 0 Å². The van der Waals surface area contributed by atoms with E-state index in [0.29, 0.717) is 33.5 Å². The summed E-state index contributed by atoms with van der Waals surface area (Å²) >= 11 is 12.1. The number of amides is 2. The van der Waals surface area contributed by atoms with Gasteiger partial charge in [0.1, 0.15) is 0 Å². The van der Waals surface area contributed by atoms with Gasteiger partial charge in [-0.2, -0.15) is 0 Å². The van der Waals surface area contributed by atoms with Crippen LogP contribution in [0.4, 0.5) is 4.79 Å². The van der Waals surface area contributed by atoms with Crippen molar-refractivity contribution < 1.29 is 14.3 Å². The van der Waals surface area contributed by atoms with Crippen molar-refractivity contribution in [1.82, 2.24) is 10.2 Å². The molecule has 1 aromatic rings. The van der Waals surface area contributed by atoms with Crippen LogP contribution in [-0.4, -0.2) is 30.6 Å². The smallest absolute Gasteiger partial charge is 0.338 e. The summed E-state index contributed by atoms with van der Waals surface area (Å²) in [6.45, 7) is 4.17. The zero-order valence-corrected chi connectivity index (χ0v) is 16.1. The van der Waals surface area contributed by atoms with Gasteiger partial charge in [0.15, 0.2) is 0 Å². The lowest BCUT2D eigenvalue weighted by atomic mass is 9.95. The topological polar surface area (TPSA) is 58.6 Å². The van der Waals surface area contributed by atoms with E-state index in [9.17, 15) is 9.59 Å². The van der Waals surface area contributed by atoms with Gasteiger partial charge in [-0.3, -0.25) is 0 Å².